The molecular formula is C17H23F2N3O3S. The lowest BCUT2D eigenvalue weighted by Crippen LogP contribution is -2.52. The molecule has 1 saturated carbocycles. The molecule has 0 aromatic carbocycles. The number of nitrogens with one attached hydrogen (secondary N) is 1. The van der Waals surface area contributed by atoms with E-state index in [0.717, 1.165) is 36.6 Å². The highest BCUT2D eigenvalue weighted by Crippen LogP contribution is 2.31. The van der Waals surface area contributed by atoms with Crippen LogP contribution in [0.2, 0.25) is 0 Å². The summed E-state index contributed by atoms with van der Waals surface area (Å²) in [6, 6.07) is 3.89. The number of sulfonamides is 1. The Bertz CT molecular complexity index is 737. The van der Waals surface area contributed by atoms with E-state index in [9.17, 15) is 22.0 Å². The van der Waals surface area contributed by atoms with Gasteiger partial charge in [0, 0.05) is 25.3 Å². The fourth-order valence-electron chi connectivity index (χ4n) is 3.60. The van der Waals surface area contributed by atoms with Crippen molar-refractivity contribution in [2.24, 2.45) is 0 Å². The quantitative estimate of drug-likeness (QED) is 0.838. The number of hydrogen-bond acceptors (Lipinski definition) is 4. The molecule has 0 unspecified atom stereocenters. The molecule has 6 nitrogen and oxygen atoms in total. The van der Waals surface area contributed by atoms with E-state index in [0.29, 0.717) is 12.8 Å². The number of hydrogen-bond donors (Lipinski definition) is 1. The van der Waals surface area contributed by atoms with Crippen LogP contribution in [-0.2, 0) is 20.7 Å². The topological polar surface area (TPSA) is 79.4 Å². The molecular weight excluding hydrogens is 364 g/mol. The van der Waals surface area contributed by atoms with Gasteiger partial charge >= 0.3 is 5.92 Å². The minimum absolute atomic E-state index is 0.0824. The standard InChI is InChI=1S/C17H23F2N3O3S/c18-17(19,15-9-3-4-10-20-15)16(23)22-11-5-8-14(12-22)26(24,25)21-13-6-1-2-7-13/h3-4,9-10,13-14,21H,1-2,5-8,11-12H2/t14-/m1/s1. The van der Waals surface area contributed by atoms with Gasteiger partial charge in [0.15, 0.2) is 0 Å². The van der Waals surface area contributed by atoms with E-state index in [1.807, 2.05) is 0 Å². The average Bonchev–Trinajstić information content (AvgIpc) is 3.14. The predicted molar refractivity (Wildman–Crippen MR) is 92.0 cm³/mol. The number of likely N-dealkylation sites (tertiary alicyclic amines) is 1. The van der Waals surface area contributed by atoms with E-state index in [1.165, 1.54) is 18.3 Å². The predicted octanol–water partition coefficient (Wildman–Crippen LogP) is 2.03. The third kappa shape index (κ3) is 4.03. The summed E-state index contributed by atoms with van der Waals surface area (Å²) in [6.45, 7) is -0.0972. The van der Waals surface area contributed by atoms with Gasteiger partial charge in [-0.1, -0.05) is 18.9 Å². The highest BCUT2D eigenvalue weighted by Gasteiger charge is 2.47. The Balaban J connectivity index is 1.70. The van der Waals surface area contributed by atoms with Gasteiger partial charge in [-0.05, 0) is 37.8 Å². The summed E-state index contributed by atoms with van der Waals surface area (Å²) in [7, 11) is -3.65. The van der Waals surface area contributed by atoms with Crippen LogP contribution in [0.15, 0.2) is 24.4 Å². The Morgan fingerprint density at radius 1 is 1.19 bits per heavy atom. The number of nitrogens with zero attached hydrogens (tertiary/aromatic N) is 2. The van der Waals surface area contributed by atoms with Crippen LogP contribution in [0.25, 0.3) is 0 Å². The number of rotatable bonds is 5. The maximum Gasteiger partial charge on any atom is 0.366 e. The molecule has 2 fully saturated rings. The van der Waals surface area contributed by atoms with Gasteiger partial charge in [-0.25, -0.2) is 13.1 Å². The van der Waals surface area contributed by atoms with Crippen LogP contribution in [-0.4, -0.2) is 48.6 Å². The highest BCUT2D eigenvalue weighted by atomic mass is 32.2. The molecule has 1 aliphatic carbocycles. The van der Waals surface area contributed by atoms with Crippen LogP contribution in [0.4, 0.5) is 8.78 Å². The first-order chi connectivity index (χ1) is 12.3. The number of amides is 1. The lowest BCUT2D eigenvalue weighted by molar-refractivity contribution is -0.160. The summed E-state index contributed by atoms with van der Waals surface area (Å²) in [6.07, 6.45) is 5.50. The molecule has 0 spiro atoms. The van der Waals surface area contributed by atoms with Gasteiger partial charge in [0.1, 0.15) is 5.69 Å². The van der Waals surface area contributed by atoms with Gasteiger partial charge in [-0.2, -0.15) is 8.78 Å². The number of carbonyl (C=O) groups is 1. The van der Waals surface area contributed by atoms with E-state index < -0.39 is 32.8 Å². The van der Waals surface area contributed by atoms with Crippen LogP contribution in [0.3, 0.4) is 0 Å². The lowest BCUT2D eigenvalue weighted by Gasteiger charge is -2.34. The number of carbonyl (C=O) groups excluding carboxylic acids is 1. The SMILES string of the molecule is O=C(N1CCC[C@@H](S(=O)(=O)NC2CCCC2)C1)C(F)(F)c1ccccn1. The molecule has 0 bridgehead atoms. The normalized spacial score (nSPS) is 22.5. The van der Waals surface area contributed by atoms with E-state index in [2.05, 4.69) is 9.71 Å². The Labute approximate surface area is 152 Å². The Morgan fingerprint density at radius 2 is 1.92 bits per heavy atom. The molecule has 144 valence electrons. The fourth-order valence-corrected chi connectivity index (χ4v) is 5.35. The van der Waals surface area contributed by atoms with Crippen LogP contribution in [0.5, 0.6) is 0 Å². The third-order valence-corrected chi connectivity index (χ3v) is 6.97. The van der Waals surface area contributed by atoms with E-state index in [-0.39, 0.29) is 19.1 Å². The molecule has 0 radical (unpaired) electrons. The molecule has 1 atom stereocenters. The van der Waals surface area contributed by atoms with Gasteiger partial charge in [-0.15, -0.1) is 0 Å². The first-order valence-corrected chi connectivity index (χ1v) is 10.4. The minimum atomic E-state index is -3.77. The molecule has 1 saturated heterocycles. The second kappa shape index (κ2) is 7.56. The first-order valence-electron chi connectivity index (χ1n) is 8.90. The highest BCUT2D eigenvalue weighted by molar-refractivity contribution is 7.90. The van der Waals surface area contributed by atoms with Crippen molar-refractivity contribution in [3.8, 4) is 0 Å². The van der Waals surface area contributed by atoms with Crippen molar-refractivity contribution in [3.63, 3.8) is 0 Å². The molecule has 2 aliphatic rings. The van der Waals surface area contributed by atoms with E-state index in [4.69, 9.17) is 0 Å². The molecule has 1 amide bonds. The van der Waals surface area contributed by atoms with Crippen molar-refractivity contribution in [3.05, 3.63) is 30.1 Å². The van der Waals surface area contributed by atoms with Gasteiger partial charge in [0.2, 0.25) is 10.0 Å². The zero-order valence-corrected chi connectivity index (χ0v) is 15.2. The monoisotopic (exact) mass is 387 g/mol. The number of alkyl halides is 2. The van der Waals surface area contributed by atoms with Crippen LogP contribution in [0.1, 0.15) is 44.2 Å². The third-order valence-electron chi connectivity index (χ3n) is 5.05. The molecule has 2 heterocycles. The minimum Gasteiger partial charge on any atom is -0.336 e. The number of halogens is 2. The lowest BCUT2D eigenvalue weighted by atomic mass is 10.1. The molecule has 1 aliphatic heterocycles. The van der Waals surface area contributed by atoms with Crippen LogP contribution in [0, 0.1) is 0 Å². The van der Waals surface area contributed by atoms with Crippen molar-refractivity contribution >= 4 is 15.9 Å². The molecule has 3 rings (SSSR count). The second-order valence-electron chi connectivity index (χ2n) is 6.95. The molecule has 1 aromatic rings. The Morgan fingerprint density at radius 3 is 2.58 bits per heavy atom. The van der Waals surface area contributed by atoms with Crippen molar-refractivity contribution < 1.29 is 22.0 Å². The summed E-state index contributed by atoms with van der Waals surface area (Å²) in [4.78, 5) is 16.9. The summed E-state index contributed by atoms with van der Waals surface area (Å²) in [5.74, 6) is -5.16. The van der Waals surface area contributed by atoms with Gasteiger partial charge < -0.3 is 4.90 Å². The maximum atomic E-state index is 14.5. The Hall–Kier alpha value is -1.61. The summed E-state index contributed by atoms with van der Waals surface area (Å²) in [5.41, 5.74) is -0.626. The fraction of sp³-hybridized carbons (Fsp3) is 0.647. The number of aromatic nitrogens is 1. The van der Waals surface area contributed by atoms with Crippen molar-refractivity contribution in [2.75, 3.05) is 13.1 Å². The van der Waals surface area contributed by atoms with Gasteiger partial charge in [0.05, 0.1) is 5.25 Å². The van der Waals surface area contributed by atoms with Crippen LogP contribution < -0.4 is 4.72 Å². The van der Waals surface area contributed by atoms with E-state index >= 15 is 0 Å². The molecule has 9 heteroatoms. The van der Waals surface area contributed by atoms with E-state index in [1.54, 1.807) is 0 Å². The number of piperidine rings is 1. The molecule has 1 aromatic heterocycles. The summed E-state index contributed by atoms with van der Waals surface area (Å²) >= 11 is 0. The maximum absolute atomic E-state index is 14.5. The molecule has 1 N–H and O–H groups in total. The van der Waals surface area contributed by atoms with Gasteiger partial charge in [-0.3, -0.25) is 9.78 Å². The van der Waals surface area contributed by atoms with Crippen molar-refractivity contribution in [2.45, 2.75) is 55.7 Å². The Kier molecular flexibility index (Phi) is 5.57. The second-order valence-corrected chi connectivity index (χ2v) is 8.94. The largest absolute Gasteiger partial charge is 0.366 e. The zero-order chi connectivity index (χ0) is 18.8. The average molecular weight is 387 g/mol. The number of pyridine rings is 1. The van der Waals surface area contributed by atoms with Gasteiger partial charge in [0.25, 0.3) is 5.91 Å². The first kappa shape index (κ1) is 19.2. The van der Waals surface area contributed by atoms with Crippen LogP contribution >= 0.6 is 0 Å². The summed E-state index contributed by atoms with van der Waals surface area (Å²) in [5, 5.41) is -0.861. The smallest absolute Gasteiger partial charge is 0.336 e. The molecule has 26 heavy (non-hydrogen) atoms. The summed E-state index contributed by atoms with van der Waals surface area (Å²) < 4.78 is 56.8. The zero-order valence-electron chi connectivity index (χ0n) is 14.4. The van der Waals surface area contributed by atoms with Crippen molar-refractivity contribution in [1.29, 1.82) is 0 Å². The van der Waals surface area contributed by atoms with Crippen molar-refractivity contribution in [1.82, 2.24) is 14.6 Å².